The van der Waals surface area contributed by atoms with E-state index in [1.165, 1.54) is 0 Å². The number of aliphatic hydroxyl groups is 1. The summed E-state index contributed by atoms with van der Waals surface area (Å²) in [7, 11) is 1.99. The van der Waals surface area contributed by atoms with Gasteiger partial charge >= 0.3 is 0 Å². The van der Waals surface area contributed by atoms with Crippen LogP contribution >= 0.6 is 0 Å². The standard InChI is InChI=1S/C10H13N3O/c1-7-12-9-5-8(11-6-14)3-4-10(9)13(7)2/h3-5,11,14H,6H2,1-2H3. The fourth-order valence-corrected chi connectivity index (χ4v) is 1.52. The van der Waals surface area contributed by atoms with Gasteiger partial charge in [-0.1, -0.05) is 0 Å². The third-order valence-corrected chi connectivity index (χ3v) is 2.39. The molecule has 1 heterocycles. The van der Waals surface area contributed by atoms with Crippen molar-refractivity contribution >= 4 is 16.7 Å². The molecule has 0 atom stereocenters. The van der Waals surface area contributed by atoms with E-state index in [1.54, 1.807) is 0 Å². The molecule has 0 aliphatic carbocycles. The van der Waals surface area contributed by atoms with Gasteiger partial charge < -0.3 is 15.0 Å². The van der Waals surface area contributed by atoms with Crippen molar-refractivity contribution in [2.45, 2.75) is 6.92 Å². The summed E-state index contributed by atoms with van der Waals surface area (Å²) in [6.45, 7) is 1.91. The van der Waals surface area contributed by atoms with Crippen LogP contribution in [0.4, 0.5) is 5.69 Å². The quantitative estimate of drug-likeness (QED) is 0.702. The Hall–Kier alpha value is -1.55. The summed E-state index contributed by atoms with van der Waals surface area (Å²) in [4.78, 5) is 4.40. The molecule has 0 spiro atoms. The summed E-state index contributed by atoms with van der Waals surface area (Å²) in [5.41, 5.74) is 2.94. The summed E-state index contributed by atoms with van der Waals surface area (Å²) < 4.78 is 2.04. The average molecular weight is 191 g/mol. The lowest BCUT2D eigenvalue weighted by Gasteiger charge is -2.01. The van der Waals surface area contributed by atoms with E-state index >= 15 is 0 Å². The first-order chi connectivity index (χ1) is 6.72. The second-order valence-electron chi connectivity index (χ2n) is 3.26. The molecule has 4 heteroatoms. The maximum atomic E-state index is 8.71. The van der Waals surface area contributed by atoms with Crippen molar-refractivity contribution in [3.8, 4) is 0 Å². The van der Waals surface area contributed by atoms with Crippen molar-refractivity contribution in [3.63, 3.8) is 0 Å². The first kappa shape index (κ1) is 9.02. The number of hydrogen-bond acceptors (Lipinski definition) is 3. The molecule has 0 bridgehead atoms. The zero-order chi connectivity index (χ0) is 10.1. The van der Waals surface area contributed by atoms with E-state index < -0.39 is 0 Å². The van der Waals surface area contributed by atoms with Crippen LogP contribution in [0.15, 0.2) is 18.2 Å². The minimum atomic E-state index is -0.0582. The van der Waals surface area contributed by atoms with Gasteiger partial charge in [0.2, 0.25) is 0 Å². The van der Waals surface area contributed by atoms with E-state index in [4.69, 9.17) is 5.11 Å². The highest BCUT2D eigenvalue weighted by Crippen LogP contribution is 2.18. The first-order valence-electron chi connectivity index (χ1n) is 4.50. The third-order valence-electron chi connectivity index (χ3n) is 2.39. The maximum Gasteiger partial charge on any atom is 0.113 e. The molecule has 0 aliphatic rings. The second kappa shape index (κ2) is 3.31. The van der Waals surface area contributed by atoms with Gasteiger partial charge in [0, 0.05) is 12.7 Å². The van der Waals surface area contributed by atoms with E-state index in [2.05, 4.69) is 10.3 Å². The van der Waals surface area contributed by atoms with Crippen LogP contribution in [0.2, 0.25) is 0 Å². The zero-order valence-electron chi connectivity index (χ0n) is 8.28. The van der Waals surface area contributed by atoms with Crippen LogP contribution in [0, 0.1) is 6.92 Å². The maximum absolute atomic E-state index is 8.71. The minimum absolute atomic E-state index is 0.0582. The fourth-order valence-electron chi connectivity index (χ4n) is 1.52. The summed E-state index contributed by atoms with van der Waals surface area (Å²) in [5, 5.41) is 11.5. The van der Waals surface area contributed by atoms with E-state index in [9.17, 15) is 0 Å². The van der Waals surface area contributed by atoms with E-state index in [0.29, 0.717) is 0 Å². The van der Waals surface area contributed by atoms with Gasteiger partial charge in [-0.2, -0.15) is 0 Å². The minimum Gasteiger partial charge on any atom is -0.377 e. The van der Waals surface area contributed by atoms with E-state index in [1.807, 2.05) is 36.7 Å². The number of imidazole rings is 1. The van der Waals surface area contributed by atoms with Gasteiger partial charge in [-0.05, 0) is 25.1 Å². The smallest absolute Gasteiger partial charge is 0.113 e. The number of aromatic nitrogens is 2. The Balaban J connectivity index is 2.56. The number of aryl methyl sites for hydroxylation is 2. The van der Waals surface area contributed by atoms with Crippen LogP contribution in [0.1, 0.15) is 5.82 Å². The molecule has 2 N–H and O–H groups in total. The average Bonchev–Trinajstić information content (AvgIpc) is 2.43. The molecule has 0 radical (unpaired) electrons. The molecule has 2 rings (SSSR count). The molecule has 0 aliphatic heterocycles. The zero-order valence-corrected chi connectivity index (χ0v) is 8.28. The molecule has 14 heavy (non-hydrogen) atoms. The van der Waals surface area contributed by atoms with Gasteiger partial charge in [0.15, 0.2) is 0 Å². The number of benzene rings is 1. The lowest BCUT2D eigenvalue weighted by Crippen LogP contribution is -1.98. The summed E-state index contributed by atoms with van der Waals surface area (Å²) in [5.74, 6) is 0.987. The molecule has 74 valence electrons. The van der Waals surface area contributed by atoms with E-state index in [0.717, 1.165) is 22.5 Å². The Kier molecular flexibility index (Phi) is 2.13. The lowest BCUT2D eigenvalue weighted by molar-refractivity contribution is 0.326. The molecule has 0 saturated heterocycles. The van der Waals surface area contributed by atoms with Crippen LogP contribution in [0.3, 0.4) is 0 Å². The van der Waals surface area contributed by atoms with Gasteiger partial charge in [-0.3, -0.25) is 0 Å². The Morgan fingerprint density at radius 2 is 2.29 bits per heavy atom. The number of rotatable bonds is 2. The number of nitrogens with one attached hydrogen (secondary N) is 1. The molecule has 1 aromatic heterocycles. The van der Waals surface area contributed by atoms with Crippen LogP contribution in [0.25, 0.3) is 11.0 Å². The number of fused-ring (bicyclic) bond motifs is 1. The molecule has 1 aromatic carbocycles. The molecular weight excluding hydrogens is 178 g/mol. The Morgan fingerprint density at radius 3 is 3.00 bits per heavy atom. The van der Waals surface area contributed by atoms with E-state index in [-0.39, 0.29) is 6.73 Å². The number of aliphatic hydroxyl groups excluding tert-OH is 1. The Bertz CT molecular complexity index is 462. The van der Waals surface area contributed by atoms with Crippen molar-refractivity contribution in [2.24, 2.45) is 7.05 Å². The molecule has 0 amide bonds. The highest BCUT2D eigenvalue weighted by molar-refractivity contribution is 5.80. The predicted molar refractivity (Wildman–Crippen MR) is 56.2 cm³/mol. The van der Waals surface area contributed by atoms with Crippen molar-refractivity contribution < 1.29 is 5.11 Å². The van der Waals surface area contributed by atoms with Crippen molar-refractivity contribution in [2.75, 3.05) is 12.0 Å². The summed E-state index contributed by atoms with van der Waals surface area (Å²) in [6, 6.07) is 5.85. The SMILES string of the molecule is Cc1nc2cc(NCO)ccc2n1C. The van der Waals surface area contributed by atoms with Crippen molar-refractivity contribution in [1.29, 1.82) is 0 Å². The Labute approximate surface area is 82.2 Å². The van der Waals surface area contributed by atoms with Gasteiger partial charge in [-0.25, -0.2) is 4.98 Å². The second-order valence-corrected chi connectivity index (χ2v) is 3.26. The molecular formula is C10H13N3O. The number of nitrogens with zero attached hydrogens (tertiary/aromatic N) is 2. The highest BCUT2D eigenvalue weighted by atomic mass is 16.3. The molecule has 4 nitrogen and oxygen atoms in total. The topological polar surface area (TPSA) is 50.1 Å². The van der Waals surface area contributed by atoms with Crippen molar-refractivity contribution in [3.05, 3.63) is 24.0 Å². The van der Waals surface area contributed by atoms with Crippen LogP contribution in [-0.2, 0) is 7.05 Å². The van der Waals surface area contributed by atoms with Gasteiger partial charge in [0.25, 0.3) is 0 Å². The predicted octanol–water partition coefficient (Wildman–Crippen LogP) is 1.24. The van der Waals surface area contributed by atoms with Crippen molar-refractivity contribution in [1.82, 2.24) is 9.55 Å². The van der Waals surface area contributed by atoms with Gasteiger partial charge in [0.1, 0.15) is 12.6 Å². The number of anilines is 1. The monoisotopic (exact) mass is 191 g/mol. The largest absolute Gasteiger partial charge is 0.377 e. The fraction of sp³-hybridized carbons (Fsp3) is 0.300. The first-order valence-corrected chi connectivity index (χ1v) is 4.50. The number of hydrogen-bond donors (Lipinski definition) is 2. The normalized spacial score (nSPS) is 10.8. The van der Waals surface area contributed by atoms with Crippen LogP contribution < -0.4 is 5.32 Å². The van der Waals surface area contributed by atoms with Crippen LogP contribution in [0.5, 0.6) is 0 Å². The van der Waals surface area contributed by atoms with Crippen LogP contribution in [-0.4, -0.2) is 21.4 Å². The van der Waals surface area contributed by atoms with Gasteiger partial charge in [-0.15, -0.1) is 0 Å². The summed E-state index contributed by atoms with van der Waals surface area (Å²) in [6.07, 6.45) is 0. The molecule has 0 saturated carbocycles. The molecule has 0 fully saturated rings. The molecule has 2 aromatic rings. The Morgan fingerprint density at radius 1 is 1.50 bits per heavy atom. The summed E-state index contributed by atoms with van der Waals surface area (Å²) >= 11 is 0. The highest BCUT2D eigenvalue weighted by Gasteiger charge is 2.03. The third kappa shape index (κ3) is 1.33. The van der Waals surface area contributed by atoms with Gasteiger partial charge in [0.05, 0.1) is 11.0 Å². The lowest BCUT2D eigenvalue weighted by atomic mass is 10.3. The molecule has 0 unspecified atom stereocenters.